The fourth-order valence-corrected chi connectivity index (χ4v) is 17.7. The molecule has 0 rings (SSSR count). The topological polar surface area (TPSA) is 12.0 Å². The van der Waals surface area contributed by atoms with Crippen LogP contribution in [0.1, 0.15) is 20.3 Å². The zero-order valence-electron chi connectivity index (χ0n) is 8.86. The summed E-state index contributed by atoms with van der Waals surface area (Å²) >= 11 is 0. The molecule has 1 nitrogen and oxygen atoms in total. The van der Waals surface area contributed by atoms with E-state index >= 15 is 0 Å². The lowest BCUT2D eigenvalue weighted by molar-refractivity contribution is 0.856. The summed E-state index contributed by atoms with van der Waals surface area (Å²) in [6.45, 7) is 12.0. The van der Waals surface area contributed by atoms with Gasteiger partial charge in [-0.3, -0.25) is 0 Å². The summed E-state index contributed by atoms with van der Waals surface area (Å²) < 4.78 is 3.91. The SMILES string of the molecule is CCC(C)[SiH]([SiH3])N[Si](C)(C)C. The van der Waals surface area contributed by atoms with Gasteiger partial charge in [-0.15, -0.1) is 0 Å². The molecule has 0 saturated heterocycles. The Morgan fingerprint density at radius 2 is 1.91 bits per heavy atom. The molecule has 0 amide bonds. The Labute approximate surface area is 77.0 Å². The van der Waals surface area contributed by atoms with Crippen LogP contribution >= 0.6 is 0 Å². The van der Waals surface area contributed by atoms with Gasteiger partial charge in [0.05, 0.1) is 8.48 Å². The Bertz CT molecular complexity index is 111. The maximum Gasteiger partial charge on any atom is 0.109 e. The molecule has 11 heavy (non-hydrogen) atoms. The largest absolute Gasteiger partial charge is 0.364 e. The summed E-state index contributed by atoms with van der Waals surface area (Å²) in [6, 6.07) is 0. The predicted molar refractivity (Wildman–Crippen MR) is 63.3 cm³/mol. The third-order valence-electron chi connectivity index (χ3n) is 2.16. The van der Waals surface area contributed by atoms with E-state index in [0.717, 1.165) is 5.54 Å². The Kier molecular flexibility index (Phi) is 4.85. The van der Waals surface area contributed by atoms with Crippen molar-refractivity contribution in [2.45, 2.75) is 45.5 Å². The fourth-order valence-electron chi connectivity index (χ4n) is 1.18. The van der Waals surface area contributed by atoms with E-state index in [1.54, 1.807) is 0 Å². The summed E-state index contributed by atoms with van der Waals surface area (Å²) in [6.07, 6.45) is 1.37. The lowest BCUT2D eigenvalue weighted by atomic mass is 10.4. The van der Waals surface area contributed by atoms with Gasteiger partial charge in [-0.1, -0.05) is 39.9 Å². The molecule has 68 valence electrons. The Balaban J connectivity index is 3.77. The van der Waals surface area contributed by atoms with Crippen molar-refractivity contribution in [1.82, 2.24) is 4.65 Å². The first kappa shape index (κ1) is 11.6. The van der Waals surface area contributed by atoms with E-state index in [1.807, 2.05) is 0 Å². The molecule has 4 heteroatoms. The molecule has 0 saturated carbocycles. The van der Waals surface area contributed by atoms with E-state index in [9.17, 15) is 0 Å². The van der Waals surface area contributed by atoms with Crippen LogP contribution in [0.4, 0.5) is 0 Å². The minimum absolute atomic E-state index is 0.471. The number of hydrogen-bond donors (Lipinski definition) is 1. The van der Waals surface area contributed by atoms with E-state index in [2.05, 4.69) is 38.1 Å². The highest BCUT2D eigenvalue weighted by Gasteiger charge is 2.19. The van der Waals surface area contributed by atoms with E-state index in [-0.39, 0.29) is 0 Å². The monoisotopic (exact) mass is 205 g/mol. The van der Waals surface area contributed by atoms with Crippen molar-refractivity contribution in [1.29, 1.82) is 0 Å². The third-order valence-corrected chi connectivity index (χ3v) is 15.6. The maximum absolute atomic E-state index is 3.91. The van der Waals surface area contributed by atoms with E-state index < -0.39 is 16.7 Å². The molecule has 0 aliphatic heterocycles. The lowest BCUT2D eigenvalue weighted by Gasteiger charge is -2.27. The molecule has 2 unspecified atom stereocenters. The summed E-state index contributed by atoms with van der Waals surface area (Å²) in [5.74, 6) is 0. The van der Waals surface area contributed by atoms with Crippen LogP contribution in [0.25, 0.3) is 0 Å². The molecule has 1 N–H and O–H groups in total. The van der Waals surface area contributed by atoms with Crippen LogP contribution in [0, 0.1) is 0 Å². The fraction of sp³-hybridized carbons (Fsp3) is 1.00. The predicted octanol–water partition coefficient (Wildman–Crippen LogP) is 0.797. The highest BCUT2D eigenvalue weighted by molar-refractivity contribution is 7.07. The normalized spacial score (nSPS) is 18.3. The van der Waals surface area contributed by atoms with Gasteiger partial charge in [-0.05, 0) is 5.54 Å². The van der Waals surface area contributed by atoms with Gasteiger partial charge in [0, 0.05) is 9.76 Å². The Morgan fingerprint density at radius 3 is 2.18 bits per heavy atom. The summed E-state index contributed by atoms with van der Waals surface area (Å²) in [5, 5.41) is 0. The van der Waals surface area contributed by atoms with Crippen molar-refractivity contribution < 1.29 is 0 Å². The minimum atomic E-state index is -0.953. The quantitative estimate of drug-likeness (QED) is 0.670. The van der Waals surface area contributed by atoms with E-state index in [1.165, 1.54) is 16.2 Å². The Hall–Kier alpha value is 0.611. The van der Waals surface area contributed by atoms with Crippen molar-refractivity contribution >= 4 is 26.5 Å². The summed E-state index contributed by atoms with van der Waals surface area (Å²) in [5.41, 5.74) is 1.01. The first-order chi connectivity index (χ1) is 4.87. The van der Waals surface area contributed by atoms with Gasteiger partial charge in [-0.2, -0.15) is 0 Å². The third kappa shape index (κ3) is 5.84. The van der Waals surface area contributed by atoms with Gasteiger partial charge < -0.3 is 4.65 Å². The zero-order chi connectivity index (χ0) is 9.07. The minimum Gasteiger partial charge on any atom is -0.364 e. The Morgan fingerprint density at radius 1 is 1.45 bits per heavy atom. The first-order valence-corrected chi connectivity index (χ1v) is 14.0. The van der Waals surface area contributed by atoms with Crippen LogP contribution in [0.3, 0.4) is 0 Å². The van der Waals surface area contributed by atoms with Crippen LogP contribution in [-0.2, 0) is 0 Å². The van der Waals surface area contributed by atoms with Gasteiger partial charge in [0.25, 0.3) is 0 Å². The van der Waals surface area contributed by atoms with Gasteiger partial charge in [0.2, 0.25) is 0 Å². The molecule has 0 aliphatic rings. The van der Waals surface area contributed by atoms with E-state index in [0.29, 0.717) is 0 Å². The first-order valence-electron chi connectivity index (χ1n) is 4.64. The smallest absolute Gasteiger partial charge is 0.109 e. The zero-order valence-corrected chi connectivity index (χ0v) is 13.0. The number of nitrogens with one attached hydrogen (secondary N) is 1. The molecule has 0 aromatic rings. The average molecular weight is 206 g/mol. The van der Waals surface area contributed by atoms with Crippen LogP contribution < -0.4 is 4.65 Å². The molecular weight excluding hydrogens is 182 g/mol. The van der Waals surface area contributed by atoms with Crippen molar-refractivity contribution in [2.75, 3.05) is 0 Å². The molecule has 0 radical (unpaired) electrons. The molecular formula is C7H23NSi3. The molecule has 0 aromatic heterocycles. The number of hydrogen-bond acceptors (Lipinski definition) is 1. The van der Waals surface area contributed by atoms with Crippen LogP contribution in [-0.4, -0.2) is 26.5 Å². The average Bonchev–Trinajstić information content (AvgIpc) is 1.82. The van der Waals surface area contributed by atoms with Crippen LogP contribution in [0.15, 0.2) is 0 Å². The second kappa shape index (κ2) is 4.59. The van der Waals surface area contributed by atoms with Crippen molar-refractivity contribution in [3.63, 3.8) is 0 Å². The van der Waals surface area contributed by atoms with Gasteiger partial charge in [-0.25, -0.2) is 0 Å². The second-order valence-corrected chi connectivity index (χ2v) is 16.7. The second-order valence-electron chi connectivity index (χ2n) is 4.57. The molecule has 0 aliphatic carbocycles. The standard InChI is InChI=1S/C7H23NSi3/c1-6-7(2)10(9)8-11(3,4)5/h7-8,10H,6H2,1-5,9H3. The van der Waals surface area contributed by atoms with Gasteiger partial charge >= 0.3 is 0 Å². The molecule has 0 heterocycles. The highest BCUT2D eigenvalue weighted by atomic mass is 29.2. The van der Waals surface area contributed by atoms with Crippen molar-refractivity contribution in [3.8, 4) is 0 Å². The number of rotatable bonds is 4. The molecule has 0 aromatic carbocycles. The van der Waals surface area contributed by atoms with Crippen LogP contribution in [0.5, 0.6) is 0 Å². The molecule has 2 atom stereocenters. The van der Waals surface area contributed by atoms with Crippen molar-refractivity contribution in [2.24, 2.45) is 0 Å². The maximum atomic E-state index is 3.91. The van der Waals surface area contributed by atoms with Crippen LogP contribution in [0.2, 0.25) is 25.2 Å². The summed E-state index contributed by atoms with van der Waals surface area (Å²) in [7, 11) is 0.00240. The summed E-state index contributed by atoms with van der Waals surface area (Å²) in [4.78, 5) is 0. The molecule has 0 spiro atoms. The van der Waals surface area contributed by atoms with Gasteiger partial charge in [0.1, 0.15) is 8.24 Å². The molecule has 0 bridgehead atoms. The van der Waals surface area contributed by atoms with Gasteiger partial charge in [0.15, 0.2) is 0 Å². The van der Waals surface area contributed by atoms with E-state index in [4.69, 9.17) is 0 Å². The highest BCUT2D eigenvalue weighted by Crippen LogP contribution is 2.10. The van der Waals surface area contributed by atoms with Crippen molar-refractivity contribution in [3.05, 3.63) is 0 Å². The molecule has 0 fully saturated rings. The lowest BCUT2D eigenvalue weighted by Crippen LogP contribution is -2.52.